The first-order chi connectivity index (χ1) is 20.7. The molecule has 3 heterocycles. The van der Waals surface area contributed by atoms with Crippen LogP contribution in [0.4, 0.5) is 4.39 Å². The first kappa shape index (κ1) is 29.8. The van der Waals surface area contributed by atoms with E-state index in [1.54, 1.807) is 0 Å². The minimum Gasteiger partial charge on any atom is -0.369 e. The number of hydrogen-bond donors (Lipinski definition) is 2. The molecule has 0 aromatic carbocycles. The average Bonchev–Trinajstić information content (AvgIpc) is 3.53. The molecule has 3 aliphatic heterocycles. The molecule has 6 fully saturated rings. The van der Waals surface area contributed by atoms with Crippen LogP contribution in [0.15, 0.2) is 11.8 Å². The third-order valence-corrected chi connectivity index (χ3v) is 12.2. The van der Waals surface area contributed by atoms with Crippen molar-refractivity contribution < 1.29 is 23.5 Å². The number of likely N-dealkylation sites (tertiary alicyclic amines) is 1. The van der Waals surface area contributed by atoms with Gasteiger partial charge in [0.1, 0.15) is 12.0 Å². The van der Waals surface area contributed by atoms with Crippen LogP contribution in [0.1, 0.15) is 64.2 Å². The molecule has 7 rings (SSSR count). The Kier molecular flexibility index (Phi) is 8.18. The van der Waals surface area contributed by atoms with E-state index in [2.05, 4.69) is 20.0 Å². The first-order valence-electron chi connectivity index (χ1n) is 17.0. The highest BCUT2D eigenvalue weighted by Crippen LogP contribution is 2.56. The number of carbonyl (C=O) groups excluding carboxylic acids is 3. The van der Waals surface area contributed by atoms with E-state index in [0.29, 0.717) is 37.1 Å². The molecule has 10 heteroatoms. The Hall–Kier alpha value is -1.88. The smallest absolute Gasteiger partial charge is 0.256 e. The van der Waals surface area contributed by atoms with E-state index in [-0.39, 0.29) is 59.7 Å². The van der Waals surface area contributed by atoms with Gasteiger partial charge in [-0.25, -0.2) is 4.39 Å². The number of alkyl halides is 1. The maximum absolute atomic E-state index is 16.2. The Morgan fingerprint density at radius 3 is 2.63 bits per heavy atom. The van der Waals surface area contributed by atoms with Gasteiger partial charge in [0.05, 0.1) is 35.9 Å². The molecule has 7 aliphatic rings. The van der Waals surface area contributed by atoms with Crippen molar-refractivity contribution in [1.29, 1.82) is 0 Å². The average molecular weight is 600 g/mol. The summed E-state index contributed by atoms with van der Waals surface area (Å²) < 4.78 is 23.2. The summed E-state index contributed by atoms with van der Waals surface area (Å²) in [5, 5.41) is 2.98. The van der Waals surface area contributed by atoms with Crippen molar-refractivity contribution in [2.45, 2.75) is 107 Å². The molecule has 4 aliphatic carbocycles. The summed E-state index contributed by atoms with van der Waals surface area (Å²) >= 11 is 0. The van der Waals surface area contributed by atoms with Crippen LogP contribution < -0.4 is 11.1 Å². The number of amides is 1. The lowest BCUT2D eigenvalue weighted by molar-refractivity contribution is -0.217. The maximum atomic E-state index is 16.2. The summed E-state index contributed by atoms with van der Waals surface area (Å²) in [7, 11) is 4.05. The monoisotopic (exact) mass is 599 g/mol. The number of nitrogens with zero attached hydrogens (tertiary/aromatic N) is 3. The lowest BCUT2D eigenvalue weighted by Crippen LogP contribution is -2.73. The largest absolute Gasteiger partial charge is 0.369 e. The van der Waals surface area contributed by atoms with Crippen LogP contribution in [0.25, 0.3) is 0 Å². The fraction of sp³-hybridized carbons (Fsp3) is 0.848. The lowest BCUT2D eigenvalue weighted by Gasteiger charge is -2.61. The normalized spacial score (nSPS) is 44.0. The van der Waals surface area contributed by atoms with Crippen LogP contribution in [0.3, 0.4) is 0 Å². The van der Waals surface area contributed by atoms with E-state index < -0.39 is 24.2 Å². The molecule has 12 atom stereocenters. The van der Waals surface area contributed by atoms with Crippen molar-refractivity contribution in [3.63, 3.8) is 0 Å². The molecule has 9 nitrogen and oxygen atoms in total. The van der Waals surface area contributed by atoms with Gasteiger partial charge in [-0.15, -0.1) is 0 Å². The molecule has 0 bridgehead atoms. The number of carbonyl (C=O) groups is 3. The Labute approximate surface area is 255 Å². The van der Waals surface area contributed by atoms with E-state index in [9.17, 15) is 14.4 Å². The molecule has 43 heavy (non-hydrogen) atoms. The molecule has 0 spiro atoms. The van der Waals surface area contributed by atoms with Crippen LogP contribution in [0.2, 0.25) is 0 Å². The maximum Gasteiger partial charge on any atom is 0.256 e. The molecule has 2 saturated heterocycles. The number of unbranched alkanes of at least 4 members (excludes halogenated alkanes) is 1. The van der Waals surface area contributed by atoms with Gasteiger partial charge >= 0.3 is 0 Å². The second kappa shape index (κ2) is 11.8. The predicted molar refractivity (Wildman–Crippen MR) is 160 cm³/mol. The van der Waals surface area contributed by atoms with Gasteiger partial charge in [0.25, 0.3) is 5.91 Å². The number of nitrogens with one attached hydrogen (secondary N) is 1. The molecular weight excluding hydrogens is 549 g/mol. The Morgan fingerprint density at radius 1 is 1.05 bits per heavy atom. The van der Waals surface area contributed by atoms with E-state index in [1.165, 1.54) is 6.42 Å². The fourth-order valence-corrected chi connectivity index (χ4v) is 10.3. The van der Waals surface area contributed by atoms with E-state index >= 15 is 4.39 Å². The number of nitrogens with two attached hydrogens (primary N) is 1. The minimum atomic E-state index is -1.25. The highest BCUT2D eigenvalue weighted by Gasteiger charge is 2.63. The molecule has 1 amide bonds. The van der Waals surface area contributed by atoms with E-state index in [4.69, 9.17) is 10.5 Å². The van der Waals surface area contributed by atoms with Crippen LogP contribution in [-0.4, -0.2) is 115 Å². The van der Waals surface area contributed by atoms with Crippen LogP contribution >= 0.6 is 0 Å². The molecule has 238 valence electrons. The summed E-state index contributed by atoms with van der Waals surface area (Å²) in [6.07, 6.45) is 8.43. The summed E-state index contributed by atoms with van der Waals surface area (Å²) in [5.74, 6) is 0.112. The fourth-order valence-electron chi connectivity index (χ4n) is 10.3. The second-order valence-electron chi connectivity index (χ2n) is 14.9. The number of hydrogen-bond acceptors (Lipinski definition) is 8. The van der Waals surface area contributed by atoms with Crippen LogP contribution in [0.5, 0.6) is 0 Å². The van der Waals surface area contributed by atoms with Gasteiger partial charge in [0.15, 0.2) is 5.78 Å². The Balaban J connectivity index is 1.19. The van der Waals surface area contributed by atoms with Gasteiger partial charge in [-0.2, -0.15) is 0 Å². The Bertz CT molecular complexity index is 1150. The van der Waals surface area contributed by atoms with Crippen molar-refractivity contribution >= 4 is 17.5 Å². The standard InChI is InChI=1S/C33H50FN5O4/c1-37(2)11-6-5-10-36-33(42)24-17-39-26-14-21-19-7-3-4-8-20(19)30(40)22(21)15-27(26)43-32-28(39)23(31(24)41)13-25(34)29(32)38-12-9-18(35)16-38/h17-23,25-29,32H,3-16,35H2,1-2H3,(H,36,42)/t18-,19?,20?,21?,22?,23?,25?,26?,27?,28?,29?,32?/m0/s1. The second-order valence-corrected chi connectivity index (χ2v) is 14.9. The topological polar surface area (TPSA) is 108 Å². The molecule has 0 aromatic rings. The van der Waals surface area contributed by atoms with Crippen LogP contribution in [0, 0.1) is 29.6 Å². The Morgan fingerprint density at radius 2 is 1.86 bits per heavy atom. The molecule has 4 saturated carbocycles. The van der Waals surface area contributed by atoms with Crippen molar-refractivity contribution in [2.24, 2.45) is 35.3 Å². The number of fused-ring (bicyclic) bond motifs is 5. The van der Waals surface area contributed by atoms with Gasteiger partial charge in [-0.05, 0) is 83.8 Å². The van der Waals surface area contributed by atoms with Crippen LogP contribution in [-0.2, 0) is 19.1 Å². The predicted octanol–water partition coefficient (Wildman–Crippen LogP) is 1.89. The lowest BCUT2D eigenvalue weighted by atomic mass is 9.66. The molecule has 3 N–H and O–H groups in total. The van der Waals surface area contributed by atoms with Gasteiger partial charge in [-0.3, -0.25) is 19.3 Å². The molecular formula is C33H50FN5O4. The zero-order valence-electron chi connectivity index (χ0n) is 25.8. The zero-order chi connectivity index (χ0) is 30.0. The zero-order valence-corrected chi connectivity index (χ0v) is 25.8. The van der Waals surface area contributed by atoms with Gasteiger partial charge in [0, 0.05) is 49.6 Å². The number of ether oxygens (including phenoxy) is 1. The highest BCUT2D eigenvalue weighted by atomic mass is 19.1. The third kappa shape index (κ3) is 5.18. The number of ketones is 2. The number of rotatable bonds is 7. The summed E-state index contributed by atoms with van der Waals surface area (Å²) in [4.78, 5) is 47.5. The van der Waals surface area contributed by atoms with E-state index in [0.717, 1.165) is 58.0 Å². The molecule has 11 unspecified atom stereocenters. The summed E-state index contributed by atoms with van der Waals surface area (Å²) in [6, 6.07) is -0.804. The van der Waals surface area contributed by atoms with Crippen molar-refractivity contribution in [1.82, 2.24) is 20.0 Å². The van der Waals surface area contributed by atoms with Crippen molar-refractivity contribution in [2.75, 3.05) is 40.3 Å². The van der Waals surface area contributed by atoms with Gasteiger partial charge < -0.3 is 25.6 Å². The molecule has 0 aromatic heterocycles. The first-order valence-corrected chi connectivity index (χ1v) is 17.0. The minimum absolute atomic E-state index is 0.00505. The number of morpholine rings is 1. The quantitative estimate of drug-likeness (QED) is 0.338. The van der Waals surface area contributed by atoms with Crippen molar-refractivity contribution in [3.05, 3.63) is 11.8 Å². The third-order valence-electron chi connectivity index (χ3n) is 12.2. The van der Waals surface area contributed by atoms with Crippen molar-refractivity contribution in [3.8, 4) is 0 Å². The highest BCUT2D eigenvalue weighted by molar-refractivity contribution is 6.20. The molecule has 0 radical (unpaired) electrons. The number of Topliss-reactive ketones (excluding diaryl/α,β-unsaturated/α-hetero) is 2. The van der Waals surface area contributed by atoms with Gasteiger partial charge in [0.2, 0.25) is 0 Å². The summed E-state index contributed by atoms with van der Waals surface area (Å²) in [6.45, 7) is 2.78. The van der Waals surface area contributed by atoms with E-state index in [1.807, 2.05) is 20.3 Å². The number of halogens is 1. The SMILES string of the molecule is CN(C)CCCCNC(=O)C1=CN2C3CC4C(CC3OC3C(N5CC[C@H](N)C5)C(F)CC(C1=O)C32)C(=O)C1CCCCC14. The van der Waals surface area contributed by atoms with Gasteiger partial charge in [-0.1, -0.05) is 12.8 Å². The summed E-state index contributed by atoms with van der Waals surface area (Å²) in [5.41, 5.74) is 6.41.